The fourth-order valence-electron chi connectivity index (χ4n) is 3.48. The Balaban J connectivity index is 1.84. The van der Waals surface area contributed by atoms with E-state index >= 15 is 0 Å². The number of rotatable bonds is 6. The highest BCUT2D eigenvalue weighted by atomic mass is 16.5. The molecule has 0 amide bonds. The molecule has 0 heterocycles. The predicted octanol–water partition coefficient (Wildman–Crippen LogP) is 6.64. The quantitative estimate of drug-likeness (QED) is 0.343. The first-order chi connectivity index (χ1) is 14.2. The van der Waals surface area contributed by atoms with Crippen LogP contribution in [-0.2, 0) is 5.41 Å². The second kappa shape index (κ2) is 8.74. The van der Waals surface area contributed by atoms with Crippen LogP contribution in [-0.4, -0.2) is 12.1 Å². The summed E-state index contributed by atoms with van der Waals surface area (Å²) in [6.07, 6.45) is 0.149. The second-order valence-electron chi connectivity index (χ2n) is 8.51. The minimum Gasteiger partial charge on any atom is -0.491 e. The van der Waals surface area contributed by atoms with Crippen molar-refractivity contribution in [2.45, 2.75) is 53.1 Å². The molecule has 30 heavy (non-hydrogen) atoms. The minimum absolute atomic E-state index is 0.149. The summed E-state index contributed by atoms with van der Waals surface area (Å²) in [5, 5.41) is 0. The maximum Gasteiger partial charge on any atom is 0.343 e. The van der Waals surface area contributed by atoms with Crippen LogP contribution in [0.2, 0.25) is 0 Å². The van der Waals surface area contributed by atoms with Crippen LogP contribution in [0.3, 0.4) is 0 Å². The van der Waals surface area contributed by atoms with Crippen molar-refractivity contribution in [2.24, 2.45) is 0 Å². The van der Waals surface area contributed by atoms with Crippen molar-refractivity contribution >= 4 is 5.97 Å². The minimum atomic E-state index is -0.345. The number of esters is 1. The molecular weight excluding hydrogens is 372 g/mol. The highest BCUT2D eigenvalue weighted by Gasteiger charge is 2.25. The SMILES string of the molecule is Cc1cc(C(C)(C)c2ccc(OC(C)C)c(C)c2)ccc1OC(=O)c1ccccc1. The van der Waals surface area contributed by atoms with E-state index in [1.54, 1.807) is 12.1 Å². The van der Waals surface area contributed by atoms with Gasteiger partial charge in [0.15, 0.2) is 0 Å². The number of carbonyl (C=O) groups is 1. The number of benzene rings is 3. The monoisotopic (exact) mass is 402 g/mol. The molecule has 0 aliphatic heterocycles. The molecule has 0 radical (unpaired) electrons. The second-order valence-corrected chi connectivity index (χ2v) is 8.51. The maximum atomic E-state index is 12.4. The fraction of sp³-hybridized carbons (Fsp3) is 0.296. The molecule has 0 bridgehead atoms. The summed E-state index contributed by atoms with van der Waals surface area (Å²) in [5.74, 6) is 1.16. The van der Waals surface area contributed by atoms with Gasteiger partial charge in [-0.05, 0) is 74.2 Å². The molecule has 0 aliphatic carbocycles. The van der Waals surface area contributed by atoms with Gasteiger partial charge in [0.25, 0.3) is 0 Å². The average molecular weight is 403 g/mol. The molecule has 0 aromatic heterocycles. The van der Waals surface area contributed by atoms with Gasteiger partial charge in [-0.1, -0.05) is 56.3 Å². The Morgan fingerprint density at radius 2 is 1.33 bits per heavy atom. The molecule has 0 aliphatic rings. The van der Waals surface area contributed by atoms with E-state index in [4.69, 9.17) is 9.47 Å². The van der Waals surface area contributed by atoms with Crippen LogP contribution in [0.25, 0.3) is 0 Å². The summed E-state index contributed by atoms with van der Waals surface area (Å²) in [4.78, 5) is 12.4. The predicted molar refractivity (Wildman–Crippen MR) is 122 cm³/mol. The molecule has 3 nitrogen and oxygen atoms in total. The van der Waals surface area contributed by atoms with Gasteiger partial charge in [0.2, 0.25) is 0 Å². The summed E-state index contributed by atoms with van der Waals surface area (Å²) >= 11 is 0. The fourth-order valence-corrected chi connectivity index (χ4v) is 3.48. The van der Waals surface area contributed by atoms with Crippen LogP contribution < -0.4 is 9.47 Å². The number of hydrogen-bond donors (Lipinski definition) is 0. The molecule has 0 fully saturated rings. The van der Waals surface area contributed by atoms with Gasteiger partial charge >= 0.3 is 5.97 Å². The number of ether oxygens (including phenoxy) is 2. The smallest absolute Gasteiger partial charge is 0.343 e. The van der Waals surface area contributed by atoms with Gasteiger partial charge in [-0.2, -0.15) is 0 Å². The standard InChI is InChI=1S/C27H30O3/c1-18(2)29-24-14-12-22(16-19(24)3)27(5,6)23-13-15-25(20(4)17-23)30-26(28)21-10-8-7-9-11-21/h7-18H,1-6H3. The normalized spacial score (nSPS) is 11.4. The Bertz CT molecular complexity index is 1030. The van der Waals surface area contributed by atoms with Gasteiger partial charge in [0.05, 0.1) is 11.7 Å². The summed E-state index contributed by atoms with van der Waals surface area (Å²) < 4.78 is 11.5. The third-order valence-electron chi connectivity index (χ3n) is 5.37. The third-order valence-corrected chi connectivity index (χ3v) is 5.37. The van der Waals surface area contributed by atoms with Crippen LogP contribution in [0, 0.1) is 13.8 Å². The van der Waals surface area contributed by atoms with E-state index < -0.39 is 0 Å². The van der Waals surface area contributed by atoms with E-state index in [1.807, 2.05) is 51.1 Å². The highest BCUT2D eigenvalue weighted by molar-refractivity contribution is 5.91. The van der Waals surface area contributed by atoms with Gasteiger partial charge in [0.1, 0.15) is 11.5 Å². The Morgan fingerprint density at radius 3 is 1.83 bits per heavy atom. The van der Waals surface area contributed by atoms with Crippen LogP contribution in [0.15, 0.2) is 66.7 Å². The molecule has 3 heteroatoms. The molecule has 0 saturated heterocycles. The summed E-state index contributed by atoms with van der Waals surface area (Å²) in [7, 11) is 0. The molecular formula is C27H30O3. The average Bonchev–Trinajstić information content (AvgIpc) is 2.71. The lowest BCUT2D eigenvalue weighted by Gasteiger charge is -2.28. The van der Waals surface area contributed by atoms with Crippen LogP contribution >= 0.6 is 0 Å². The molecule has 3 aromatic carbocycles. The highest BCUT2D eigenvalue weighted by Crippen LogP contribution is 2.36. The summed E-state index contributed by atoms with van der Waals surface area (Å²) in [6.45, 7) is 12.5. The van der Waals surface area contributed by atoms with Crippen LogP contribution in [0.5, 0.6) is 11.5 Å². The molecule has 0 N–H and O–H groups in total. The van der Waals surface area contributed by atoms with Crippen molar-refractivity contribution in [1.82, 2.24) is 0 Å². The van der Waals surface area contributed by atoms with Crippen molar-refractivity contribution in [3.63, 3.8) is 0 Å². The van der Waals surface area contributed by atoms with Gasteiger partial charge < -0.3 is 9.47 Å². The van der Waals surface area contributed by atoms with Gasteiger partial charge in [-0.3, -0.25) is 0 Å². The van der Waals surface area contributed by atoms with E-state index in [0.717, 1.165) is 22.4 Å². The molecule has 0 saturated carbocycles. The van der Waals surface area contributed by atoms with Crippen molar-refractivity contribution < 1.29 is 14.3 Å². The first-order valence-corrected chi connectivity index (χ1v) is 10.3. The Labute approximate surface area is 179 Å². The summed E-state index contributed by atoms with van der Waals surface area (Å²) in [6, 6.07) is 21.4. The van der Waals surface area contributed by atoms with E-state index in [1.165, 1.54) is 5.56 Å². The Hall–Kier alpha value is -3.07. The van der Waals surface area contributed by atoms with Crippen molar-refractivity contribution in [2.75, 3.05) is 0 Å². The first kappa shape index (κ1) is 21.6. The topological polar surface area (TPSA) is 35.5 Å². The summed E-state index contributed by atoms with van der Waals surface area (Å²) in [5.41, 5.74) is 4.77. The zero-order valence-corrected chi connectivity index (χ0v) is 18.7. The Kier molecular flexibility index (Phi) is 6.31. The van der Waals surface area contributed by atoms with Crippen LogP contribution in [0.4, 0.5) is 0 Å². The zero-order valence-electron chi connectivity index (χ0n) is 18.7. The Morgan fingerprint density at radius 1 is 0.800 bits per heavy atom. The largest absolute Gasteiger partial charge is 0.491 e. The van der Waals surface area contributed by atoms with Crippen molar-refractivity contribution in [3.05, 3.63) is 94.5 Å². The molecule has 156 valence electrons. The molecule has 3 aromatic rings. The van der Waals surface area contributed by atoms with E-state index in [-0.39, 0.29) is 17.5 Å². The lowest BCUT2D eigenvalue weighted by molar-refractivity contribution is 0.0733. The maximum absolute atomic E-state index is 12.4. The van der Waals surface area contributed by atoms with Crippen LogP contribution in [0.1, 0.15) is 60.3 Å². The van der Waals surface area contributed by atoms with Crippen molar-refractivity contribution in [3.8, 4) is 11.5 Å². The van der Waals surface area contributed by atoms with E-state index in [2.05, 4.69) is 45.0 Å². The lowest BCUT2D eigenvalue weighted by atomic mass is 9.77. The van der Waals surface area contributed by atoms with Gasteiger partial charge in [-0.15, -0.1) is 0 Å². The van der Waals surface area contributed by atoms with E-state index in [9.17, 15) is 4.79 Å². The third kappa shape index (κ3) is 4.73. The number of carbonyl (C=O) groups excluding carboxylic acids is 1. The molecule has 0 atom stereocenters. The molecule has 3 rings (SSSR count). The molecule has 0 spiro atoms. The first-order valence-electron chi connectivity index (χ1n) is 10.3. The molecule has 0 unspecified atom stereocenters. The van der Waals surface area contributed by atoms with Gasteiger partial charge in [-0.25, -0.2) is 4.79 Å². The number of hydrogen-bond acceptors (Lipinski definition) is 3. The van der Waals surface area contributed by atoms with E-state index in [0.29, 0.717) is 11.3 Å². The zero-order chi connectivity index (χ0) is 21.9. The van der Waals surface area contributed by atoms with Crippen molar-refractivity contribution in [1.29, 1.82) is 0 Å². The van der Waals surface area contributed by atoms with Gasteiger partial charge in [0, 0.05) is 5.41 Å². The number of aryl methyl sites for hydroxylation is 2. The lowest BCUT2D eigenvalue weighted by Crippen LogP contribution is -2.20.